The van der Waals surface area contributed by atoms with Crippen molar-refractivity contribution in [3.05, 3.63) is 24.3 Å². The van der Waals surface area contributed by atoms with Crippen molar-refractivity contribution in [2.45, 2.75) is 134 Å². The van der Waals surface area contributed by atoms with Gasteiger partial charge in [0.1, 0.15) is 5.60 Å². The van der Waals surface area contributed by atoms with Crippen LogP contribution in [0.5, 0.6) is 0 Å². The Morgan fingerprint density at radius 1 is 0.903 bits per heavy atom. The van der Waals surface area contributed by atoms with Crippen LogP contribution in [0.25, 0.3) is 0 Å². The third-order valence-corrected chi connectivity index (χ3v) is 6.89. The van der Waals surface area contributed by atoms with Crippen molar-refractivity contribution >= 4 is 5.78 Å². The fourth-order valence-corrected chi connectivity index (χ4v) is 4.86. The first-order chi connectivity index (χ1) is 15.0. The molecule has 0 aromatic carbocycles. The van der Waals surface area contributed by atoms with E-state index in [9.17, 15) is 9.90 Å². The Bertz CT molecular complexity index is 552. The Hall–Kier alpha value is -0.970. The number of aliphatic hydroxyl groups is 1. The summed E-state index contributed by atoms with van der Waals surface area (Å²) in [5.74, 6) is -0.767. The number of carbonyl (C=O) groups excluding carboxylic acids is 1. The fourth-order valence-electron chi connectivity index (χ4n) is 4.86. The van der Waals surface area contributed by atoms with Gasteiger partial charge in [0, 0.05) is 20.0 Å². The second kappa shape index (κ2) is 14.2. The summed E-state index contributed by atoms with van der Waals surface area (Å²) in [6.45, 7) is 2.27. The highest BCUT2D eigenvalue weighted by Gasteiger charge is 2.48. The number of unbranched alkanes of at least 4 members (excludes halogenated alkanes) is 12. The van der Waals surface area contributed by atoms with Crippen molar-refractivity contribution < 1.29 is 19.4 Å². The zero-order valence-electron chi connectivity index (χ0n) is 20.1. The van der Waals surface area contributed by atoms with Gasteiger partial charge >= 0.3 is 0 Å². The highest BCUT2D eigenvalue weighted by Crippen LogP contribution is 2.44. The SMILES string of the molecule is CCCCCCCCCCCCCCC[C@@H](O)C[C@]1(OC)CCC2(C=CC(=O)C=C2)O1. The van der Waals surface area contributed by atoms with Crippen molar-refractivity contribution in [2.24, 2.45) is 0 Å². The summed E-state index contributed by atoms with van der Waals surface area (Å²) in [4.78, 5) is 11.4. The first-order valence-corrected chi connectivity index (χ1v) is 12.9. The highest BCUT2D eigenvalue weighted by atomic mass is 16.7. The number of ketones is 1. The molecule has 0 aromatic rings. The first kappa shape index (κ1) is 26.3. The molecule has 1 fully saturated rings. The summed E-state index contributed by atoms with van der Waals surface area (Å²) >= 11 is 0. The minimum atomic E-state index is -0.759. The van der Waals surface area contributed by atoms with Gasteiger partial charge in [-0.25, -0.2) is 0 Å². The van der Waals surface area contributed by atoms with Crippen molar-refractivity contribution in [1.82, 2.24) is 0 Å². The molecule has 1 saturated heterocycles. The van der Waals surface area contributed by atoms with E-state index in [0.29, 0.717) is 6.42 Å². The van der Waals surface area contributed by atoms with Gasteiger partial charge in [-0.2, -0.15) is 0 Å². The van der Waals surface area contributed by atoms with E-state index < -0.39 is 17.5 Å². The topological polar surface area (TPSA) is 55.8 Å². The molecule has 0 saturated carbocycles. The van der Waals surface area contributed by atoms with E-state index >= 15 is 0 Å². The minimum Gasteiger partial charge on any atom is -0.393 e. The Balaban J connectivity index is 1.50. The van der Waals surface area contributed by atoms with Gasteiger partial charge < -0.3 is 14.6 Å². The van der Waals surface area contributed by atoms with E-state index in [2.05, 4.69) is 6.92 Å². The molecule has 0 amide bonds. The molecule has 0 radical (unpaired) electrons. The quantitative estimate of drug-likeness (QED) is 0.256. The molecule has 1 heterocycles. The number of aliphatic hydroxyl groups excluding tert-OH is 1. The predicted molar refractivity (Wildman–Crippen MR) is 127 cm³/mol. The summed E-state index contributed by atoms with van der Waals surface area (Å²) in [5.41, 5.74) is -0.556. The van der Waals surface area contributed by atoms with Crippen LogP contribution in [0.15, 0.2) is 24.3 Å². The summed E-state index contributed by atoms with van der Waals surface area (Å²) < 4.78 is 12.0. The number of hydrogen-bond acceptors (Lipinski definition) is 4. The maximum absolute atomic E-state index is 11.4. The molecule has 0 unspecified atom stereocenters. The van der Waals surface area contributed by atoms with Gasteiger partial charge in [-0.3, -0.25) is 4.79 Å². The van der Waals surface area contributed by atoms with Crippen molar-refractivity contribution in [3.63, 3.8) is 0 Å². The Labute approximate surface area is 190 Å². The normalized spacial score (nSPS) is 23.1. The van der Waals surface area contributed by atoms with Gasteiger partial charge in [-0.1, -0.05) is 90.4 Å². The summed E-state index contributed by atoms with van der Waals surface area (Å²) in [6, 6.07) is 0. The molecule has 4 heteroatoms. The summed E-state index contributed by atoms with van der Waals surface area (Å²) in [6.07, 6.45) is 26.5. The fraction of sp³-hybridized carbons (Fsp3) is 0.815. The summed E-state index contributed by atoms with van der Waals surface area (Å²) in [5, 5.41) is 10.6. The maximum Gasteiger partial charge on any atom is 0.178 e. The minimum absolute atomic E-state index is 0.00779. The second-order valence-electron chi connectivity index (χ2n) is 9.63. The van der Waals surface area contributed by atoms with E-state index in [-0.39, 0.29) is 5.78 Å². The van der Waals surface area contributed by atoms with Crippen LogP contribution in [0, 0.1) is 0 Å². The van der Waals surface area contributed by atoms with Crippen LogP contribution in [0.4, 0.5) is 0 Å². The molecule has 4 nitrogen and oxygen atoms in total. The maximum atomic E-state index is 11.4. The molecule has 2 rings (SSSR count). The average Bonchev–Trinajstić information content (AvgIpc) is 3.12. The van der Waals surface area contributed by atoms with Gasteiger partial charge in [-0.05, 0) is 37.1 Å². The number of methoxy groups -OCH3 is 1. The molecule has 2 aliphatic rings. The molecule has 1 aliphatic carbocycles. The molecule has 178 valence electrons. The van der Waals surface area contributed by atoms with Gasteiger partial charge in [0.05, 0.1) is 6.10 Å². The van der Waals surface area contributed by atoms with Crippen LogP contribution in [0.2, 0.25) is 0 Å². The third-order valence-electron chi connectivity index (χ3n) is 6.89. The zero-order chi connectivity index (χ0) is 22.4. The third kappa shape index (κ3) is 9.59. The van der Waals surface area contributed by atoms with Crippen LogP contribution < -0.4 is 0 Å². The predicted octanol–water partition coefficient (Wildman–Crippen LogP) is 6.81. The second-order valence-corrected chi connectivity index (χ2v) is 9.63. The van der Waals surface area contributed by atoms with Crippen molar-refractivity contribution in [2.75, 3.05) is 7.11 Å². The molecule has 2 atom stereocenters. The molecule has 31 heavy (non-hydrogen) atoms. The number of carbonyl (C=O) groups is 1. The van der Waals surface area contributed by atoms with E-state index in [1.807, 2.05) is 12.2 Å². The standard InChI is InChI=1S/C27H46O4/c1-3-4-5-6-7-8-9-10-11-12-13-14-15-16-25(29)23-27(30-2)22-21-26(31-27)19-17-24(28)18-20-26/h17-20,25,29H,3-16,21-23H2,1-2H3/t25-,27+/m1/s1. The van der Waals surface area contributed by atoms with Gasteiger partial charge in [0.15, 0.2) is 11.6 Å². The van der Waals surface area contributed by atoms with Crippen molar-refractivity contribution in [1.29, 1.82) is 0 Å². The Kier molecular flexibility index (Phi) is 12.1. The molecular formula is C27H46O4. The van der Waals surface area contributed by atoms with Crippen LogP contribution in [-0.4, -0.2) is 35.5 Å². The van der Waals surface area contributed by atoms with E-state index in [1.54, 1.807) is 19.3 Å². The van der Waals surface area contributed by atoms with E-state index in [0.717, 1.165) is 25.7 Å². The molecular weight excluding hydrogens is 388 g/mol. The van der Waals surface area contributed by atoms with Crippen LogP contribution in [-0.2, 0) is 14.3 Å². The number of rotatable bonds is 17. The lowest BCUT2D eigenvalue weighted by Gasteiger charge is -2.33. The Morgan fingerprint density at radius 2 is 1.42 bits per heavy atom. The van der Waals surface area contributed by atoms with Gasteiger partial charge in [-0.15, -0.1) is 0 Å². The lowest BCUT2D eigenvalue weighted by atomic mass is 9.93. The highest BCUT2D eigenvalue weighted by molar-refractivity contribution is 6.00. The van der Waals surface area contributed by atoms with E-state index in [4.69, 9.17) is 9.47 Å². The van der Waals surface area contributed by atoms with Gasteiger partial charge in [0.25, 0.3) is 0 Å². The smallest absolute Gasteiger partial charge is 0.178 e. The molecule has 0 bridgehead atoms. The monoisotopic (exact) mass is 434 g/mol. The summed E-state index contributed by atoms with van der Waals surface area (Å²) in [7, 11) is 1.65. The Morgan fingerprint density at radius 3 is 1.94 bits per heavy atom. The van der Waals surface area contributed by atoms with E-state index in [1.165, 1.54) is 77.0 Å². The molecule has 1 aliphatic heterocycles. The first-order valence-electron chi connectivity index (χ1n) is 12.9. The van der Waals surface area contributed by atoms with Crippen LogP contribution >= 0.6 is 0 Å². The number of allylic oxidation sites excluding steroid dienone is 2. The lowest BCUT2D eigenvalue weighted by molar-refractivity contribution is -0.233. The van der Waals surface area contributed by atoms with Crippen molar-refractivity contribution in [3.8, 4) is 0 Å². The number of hydrogen-bond donors (Lipinski definition) is 1. The number of ether oxygens (including phenoxy) is 2. The average molecular weight is 435 g/mol. The van der Waals surface area contributed by atoms with Crippen LogP contribution in [0.1, 0.15) is 116 Å². The lowest BCUT2D eigenvalue weighted by Crippen LogP contribution is -2.39. The molecule has 1 N–H and O–H groups in total. The van der Waals surface area contributed by atoms with Crippen LogP contribution in [0.3, 0.4) is 0 Å². The largest absolute Gasteiger partial charge is 0.393 e. The molecule has 0 aromatic heterocycles. The zero-order valence-corrected chi connectivity index (χ0v) is 20.1. The molecule has 1 spiro atoms. The van der Waals surface area contributed by atoms with Gasteiger partial charge in [0.2, 0.25) is 0 Å².